The van der Waals surface area contributed by atoms with Crippen LogP contribution in [0.25, 0.3) is 143 Å². The number of ether oxygens (including phenoxy) is 2. The molecule has 2 heterocycles. The van der Waals surface area contributed by atoms with Crippen molar-refractivity contribution in [2.24, 2.45) is 0 Å². The number of rotatable bonds is 6. The van der Waals surface area contributed by atoms with Crippen LogP contribution in [0.5, 0.6) is 23.0 Å². The lowest BCUT2D eigenvalue weighted by Crippen LogP contribution is -1.98. The molecule has 0 unspecified atom stereocenters. The lowest BCUT2D eigenvalue weighted by atomic mass is 9.82. The Labute approximate surface area is 453 Å². The first-order valence-electron chi connectivity index (χ1n) is 27.2. The third-order valence-corrected chi connectivity index (χ3v) is 16.9. The SMILES string of the molecule is Cc1ccc(-c2c3ccccc3c(-c3ccc4c(c3)Oc3cccc5cccc-4c35)c3cc(-c4ccc5c(-c6ccc7c(c6)Oc6cccc8cccc-7c68)c6ccccc6c(-c6ccc(C(C)C)cc6)c5c4)ccc23)cc1. The Morgan fingerprint density at radius 2 is 0.641 bits per heavy atom. The second-order valence-corrected chi connectivity index (χ2v) is 21.7. The van der Waals surface area contributed by atoms with Gasteiger partial charge in [-0.1, -0.05) is 214 Å². The van der Waals surface area contributed by atoms with E-state index in [2.05, 4.69) is 263 Å². The van der Waals surface area contributed by atoms with E-state index in [1.165, 1.54) is 109 Å². The van der Waals surface area contributed by atoms with Crippen molar-refractivity contribution in [3.8, 4) is 101 Å². The van der Waals surface area contributed by atoms with Gasteiger partial charge in [0, 0.05) is 21.9 Å². The smallest absolute Gasteiger partial charge is 0.135 e. The van der Waals surface area contributed by atoms with Crippen LogP contribution in [0.3, 0.4) is 0 Å². The van der Waals surface area contributed by atoms with Crippen molar-refractivity contribution in [2.45, 2.75) is 26.7 Å². The fourth-order valence-electron chi connectivity index (χ4n) is 13.2. The summed E-state index contributed by atoms with van der Waals surface area (Å²) in [4.78, 5) is 0. The molecule has 0 amide bonds. The standard InChI is InChI=1S/C76H50O2/c1-44(2)46-28-30-50(31-29-46)72-60-17-5-6-18-61(60)73(53-34-36-55-57-20-8-12-47-14-10-22-67(75(47)57)77-69(55)42-53)64-39-33-51(40-65(64)72)52-32-38-63-66(41-52)74(62-19-7-4-16-59(62)71(63)49-26-24-45(3)25-27-49)54-35-37-56-58-21-9-13-48-15-11-23-68(76(48)58)78-70(56)43-54/h4-44H,1-3H3. The van der Waals surface area contributed by atoms with E-state index in [-0.39, 0.29) is 0 Å². The van der Waals surface area contributed by atoms with Crippen molar-refractivity contribution < 1.29 is 9.47 Å². The molecular formula is C76H50O2. The van der Waals surface area contributed by atoms with Gasteiger partial charge in [0.25, 0.3) is 0 Å². The Kier molecular flexibility index (Phi) is 9.78. The largest absolute Gasteiger partial charge is 0.456 e. The lowest BCUT2D eigenvalue weighted by Gasteiger charge is -2.23. The first-order chi connectivity index (χ1) is 38.4. The molecular weight excluding hydrogens is 945 g/mol. The molecule has 0 spiro atoms. The second-order valence-electron chi connectivity index (χ2n) is 21.7. The number of benzene rings is 14. The molecule has 0 bridgehead atoms. The second kappa shape index (κ2) is 17.1. The van der Waals surface area contributed by atoms with Gasteiger partial charge in [0.1, 0.15) is 23.0 Å². The topological polar surface area (TPSA) is 18.5 Å². The first-order valence-corrected chi connectivity index (χ1v) is 27.2. The summed E-state index contributed by atoms with van der Waals surface area (Å²) in [5.41, 5.74) is 19.0. The third kappa shape index (κ3) is 6.76. The average molecular weight is 995 g/mol. The summed E-state index contributed by atoms with van der Waals surface area (Å²) in [7, 11) is 0. The van der Waals surface area contributed by atoms with Crippen LogP contribution >= 0.6 is 0 Å². The Bertz CT molecular complexity index is 4860. The van der Waals surface area contributed by atoms with Crippen molar-refractivity contribution in [3.63, 3.8) is 0 Å². The molecule has 14 aromatic rings. The van der Waals surface area contributed by atoms with Crippen LogP contribution < -0.4 is 9.47 Å². The van der Waals surface area contributed by atoms with Crippen LogP contribution in [0, 0.1) is 6.92 Å². The molecule has 2 aliphatic rings. The predicted molar refractivity (Wildman–Crippen MR) is 329 cm³/mol. The van der Waals surface area contributed by atoms with E-state index in [4.69, 9.17) is 9.47 Å². The molecule has 2 aliphatic heterocycles. The van der Waals surface area contributed by atoms with Crippen LogP contribution in [0.1, 0.15) is 30.9 Å². The van der Waals surface area contributed by atoms with Crippen LogP contribution in [0.15, 0.2) is 243 Å². The van der Waals surface area contributed by atoms with Gasteiger partial charge in [0.05, 0.1) is 0 Å². The molecule has 0 saturated heterocycles. The lowest BCUT2D eigenvalue weighted by molar-refractivity contribution is 0.487. The van der Waals surface area contributed by atoms with Gasteiger partial charge < -0.3 is 9.47 Å². The summed E-state index contributed by atoms with van der Waals surface area (Å²) in [5.74, 6) is 3.96. The minimum atomic E-state index is 0.425. The summed E-state index contributed by atoms with van der Waals surface area (Å²) in [6.45, 7) is 6.69. The molecule has 2 nitrogen and oxygen atoms in total. The van der Waals surface area contributed by atoms with Crippen LogP contribution in [-0.2, 0) is 0 Å². The monoisotopic (exact) mass is 994 g/mol. The quantitative estimate of drug-likeness (QED) is 0.155. The Balaban J connectivity index is 0.940. The van der Waals surface area contributed by atoms with Crippen LogP contribution in [-0.4, -0.2) is 0 Å². The van der Waals surface area contributed by atoms with Gasteiger partial charge in [-0.15, -0.1) is 0 Å². The van der Waals surface area contributed by atoms with Gasteiger partial charge in [0.15, 0.2) is 0 Å². The van der Waals surface area contributed by atoms with Crippen molar-refractivity contribution in [1.29, 1.82) is 0 Å². The number of fused-ring (bicyclic) bond motifs is 8. The molecule has 2 heteroatoms. The van der Waals surface area contributed by atoms with Gasteiger partial charge in [-0.3, -0.25) is 0 Å². The van der Waals surface area contributed by atoms with E-state index in [9.17, 15) is 0 Å². The minimum Gasteiger partial charge on any atom is -0.456 e. The highest BCUT2D eigenvalue weighted by molar-refractivity contribution is 6.24. The van der Waals surface area contributed by atoms with Gasteiger partial charge in [-0.05, 0) is 188 Å². The highest BCUT2D eigenvalue weighted by Gasteiger charge is 2.26. The van der Waals surface area contributed by atoms with Crippen molar-refractivity contribution in [1.82, 2.24) is 0 Å². The zero-order chi connectivity index (χ0) is 51.8. The van der Waals surface area contributed by atoms with E-state index < -0.39 is 0 Å². The maximum absolute atomic E-state index is 6.86. The first kappa shape index (κ1) is 44.5. The van der Waals surface area contributed by atoms with E-state index in [1.54, 1.807) is 0 Å². The number of hydrogen-bond donors (Lipinski definition) is 0. The molecule has 16 rings (SSSR count). The average Bonchev–Trinajstić information content (AvgIpc) is 3.64. The fraction of sp³-hybridized carbons (Fsp3) is 0.0526. The molecule has 0 aromatic heterocycles. The van der Waals surface area contributed by atoms with Crippen molar-refractivity contribution in [3.05, 3.63) is 254 Å². The molecule has 0 saturated carbocycles. The van der Waals surface area contributed by atoms with Gasteiger partial charge in [0.2, 0.25) is 0 Å². The highest BCUT2D eigenvalue weighted by atomic mass is 16.5. The zero-order valence-corrected chi connectivity index (χ0v) is 43.5. The van der Waals surface area contributed by atoms with Gasteiger partial charge in [-0.25, -0.2) is 0 Å². The van der Waals surface area contributed by atoms with Crippen molar-refractivity contribution >= 4 is 64.6 Å². The number of aryl methyl sites for hydroxylation is 1. The zero-order valence-electron chi connectivity index (χ0n) is 43.5. The normalized spacial score (nSPS) is 12.4. The third-order valence-electron chi connectivity index (χ3n) is 16.9. The van der Waals surface area contributed by atoms with Crippen LogP contribution in [0.4, 0.5) is 0 Å². The summed E-state index contributed by atoms with van der Waals surface area (Å²) < 4.78 is 13.7. The molecule has 0 N–H and O–H groups in total. The Hall–Kier alpha value is -9.76. The fourth-order valence-corrected chi connectivity index (χ4v) is 13.2. The summed E-state index contributed by atoms with van der Waals surface area (Å²) in [6, 6.07) is 90.0. The molecule has 0 radical (unpaired) electrons. The molecule has 0 atom stereocenters. The van der Waals surface area contributed by atoms with Gasteiger partial charge >= 0.3 is 0 Å². The number of hydrogen-bond acceptors (Lipinski definition) is 2. The summed E-state index contributed by atoms with van der Waals surface area (Å²) >= 11 is 0. The molecule has 14 aromatic carbocycles. The van der Waals surface area contributed by atoms with Crippen molar-refractivity contribution in [2.75, 3.05) is 0 Å². The molecule has 0 aliphatic carbocycles. The maximum Gasteiger partial charge on any atom is 0.135 e. The van der Waals surface area contributed by atoms with Crippen LogP contribution in [0.2, 0.25) is 0 Å². The van der Waals surface area contributed by atoms with E-state index in [0.717, 1.165) is 67.2 Å². The Morgan fingerprint density at radius 3 is 1.10 bits per heavy atom. The molecule has 78 heavy (non-hydrogen) atoms. The van der Waals surface area contributed by atoms with E-state index in [1.807, 2.05) is 0 Å². The van der Waals surface area contributed by atoms with E-state index >= 15 is 0 Å². The van der Waals surface area contributed by atoms with Gasteiger partial charge in [-0.2, -0.15) is 0 Å². The molecule has 366 valence electrons. The minimum absolute atomic E-state index is 0.425. The summed E-state index contributed by atoms with van der Waals surface area (Å²) in [6.07, 6.45) is 0. The Morgan fingerprint density at radius 1 is 0.269 bits per heavy atom. The highest BCUT2D eigenvalue weighted by Crippen LogP contribution is 2.53. The predicted octanol–water partition coefficient (Wildman–Crippen LogP) is 21.9. The molecule has 0 fully saturated rings. The van der Waals surface area contributed by atoms with E-state index in [0.29, 0.717) is 5.92 Å². The maximum atomic E-state index is 6.86. The summed E-state index contributed by atoms with van der Waals surface area (Å²) in [5, 5.41) is 14.3.